The second kappa shape index (κ2) is 4.31. The number of ether oxygens (including phenoxy) is 2. The molecule has 0 aromatic heterocycles. The van der Waals surface area contributed by atoms with Gasteiger partial charge in [-0.15, -0.1) is 0 Å². The van der Waals surface area contributed by atoms with Crippen LogP contribution in [0.4, 0.5) is 0 Å². The minimum absolute atomic E-state index is 0.264. The van der Waals surface area contributed by atoms with E-state index in [1.807, 2.05) is 0 Å². The van der Waals surface area contributed by atoms with Crippen LogP contribution in [-0.2, 0) is 14.3 Å². The molecule has 64 valence electrons. The van der Waals surface area contributed by atoms with Crippen LogP contribution in [0.15, 0.2) is 0 Å². The number of carbonyl (C=O) groups excluding carboxylic acids is 1. The van der Waals surface area contributed by atoms with Crippen LogP contribution in [0.25, 0.3) is 0 Å². The van der Waals surface area contributed by atoms with Crippen LogP contribution in [0.5, 0.6) is 0 Å². The Balaban J connectivity index is 2.27. The highest BCUT2D eigenvalue weighted by Gasteiger charge is 2.22. The van der Waals surface area contributed by atoms with E-state index in [0.29, 0.717) is 19.8 Å². The fourth-order valence-electron chi connectivity index (χ4n) is 0.952. The van der Waals surface area contributed by atoms with E-state index >= 15 is 0 Å². The lowest BCUT2D eigenvalue weighted by Gasteiger charge is -2.21. The van der Waals surface area contributed by atoms with Crippen molar-refractivity contribution in [3.05, 3.63) is 0 Å². The normalized spacial score (nSPS) is 24.6. The molecule has 0 amide bonds. The van der Waals surface area contributed by atoms with Gasteiger partial charge >= 0.3 is 5.97 Å². The molecule has 11 heavy (non-hydrogen) atoms. The lowest BCUT2D eigenvalue weighted by molar-refractivity contribution is -0.158. The molecule has 0 aromatic carbocycles. The van der Waals surface area contributed by atoms with E-state index in [1.165, 1.54) is 0 Å². The molecule has 1 aliphatic heterocycles. The molecule has 0 radical (unpaired) electrons. The second-order valence-corrected chi connectivity index (χ2v) is 2.32. The quantitative estimate of drug-likeness (QED) is 0.554. The average molecular weight is 159 g/mol. The van der Waals surface area contributed by atoms with Crippen molar-refractivity contribution < 1.29 is 14.3 Å². The molecular weight excluding hydrogens is 146 g/mol. The van der Waals surface area contributed by atoms with Crippen molar-refractivity contribution in [1.29, 1.82) is 0 Å². The van der Waals surface area contributed by atoms with Crippen LogP contribution in [0.3, 0.4) is 0 Å². The standard InChI is InChI=1S/C7H13NO3/c1-2-10-7(9)6-5-8-3-4-11-6/h6,8H,2-5H2,1H3/t6-/m1/s1. The lowest BCUT2D eigenvalue weighted by atomic mass is 10.3. The summed E-state index contributed by atoms with van der Waals surface area (Å²) in [4.78, 5) is 11.0. The summed E-state index contributed by atoms with van der Waals surface area (Å²) in [5.41, 5.74) is 0. The first-order valence-corrected chi connectivity index (χ1v) is 3.83. The Morgan fingerprint density at radius 1 is 1.82 bits per heavy atom. The largest absolute Gasteiger partial charge is 0.464 e. The van der Waals surface area contributed by atoms with E-state index in [0.717, 1.165) is 6.54 Å². The smallest absolute Gasteiger partial charge is 0.336 e. The summed E-state index contributed by atoms with van der Waals surface area (Å²) >= 11 is 0. The van der Waals surface area contributed by atoms with Crippen molar-refractivity contribution in [3.8, 4) is 0 Å². The van der Waals surface area contributed by atoms with Crippen molar-refractivity contribution >= 4 is 5.97 Å². The minimum Gasteiger partial charge on any atom is -0.464 e. The highest BCUT2D eigenvalue weighted by molar-refractivity contribution is 5.75. The van der Waals surface area contributed by atoms with Crippen LogP contribution in [-0.4, -0.2) is 38.4 Å². The molecule has 0 aromatic rings. The fraction of sp³-hybridized carbons (Fsp3) is 0.857. The van der Waals surface area contributed by atoms with E-state index in [2.05, 4.69) is 5.32 Å². The van der Waals surface area contributed by atoms with Crippen molar-refractivity contribution in [2.75, 3.05) is 26.3 Å². The van der Waals surface area contributed by atoms with Crippen molar-refractivity contribution in [1.82, 2.24) is 5.32 Å². The maximum atomic E-state index is 11.0. The van der Waals surface area contributed by atoms with Crippen LogP contribution in [0.1, 0.15) is 6.92 Å². The zero-order valence-electron chi connectivity index (χ0n) is 6.63. The Morgan fingerprint density at radius 2 is 2.64 bits per heavy atom. The zero-order chi connectivity index (χ0) is 8.10. The molecule has 4 nitrogen and oxygen atoms in total. The van der Waals surface area contributed by atoms with Gasteiger partial charge in [-0.1, -0.05) is 0 Å². The maximum absolute atomic E-state index is 11.0. The topological polar surface area (TPSA) is 47.6 Å². The second-order valence-electron chi connectivity index (χ2n) is 2.32. The molecule has 1 rings (SSSR count). The number of carbonyl (C=O) groups is 1. The summed E-state index contributed by atoms with van der Waals surface area (Å²) in [5.74, 6) is -0.264. The zero-order valence-corrected chi connectivity index (χ0v) is 6.63. The summed E-state index contributed by atoms with van der Waals surface area (Å²) < 4.78 is 9.93. The lowest BCUT2D eigenvalue weighted by Crippen LogP contribution is -2.43. The molecule has 0 spiro atoms. The Labute approximate surface area is 65.9 Å². The van der Waals surface area contributed by atoms with E-state index in [9.17, 15) is 4.79 Å². The average Bonchev–Trinajstić information content (AvgIpc) is 2.07. The number of esters is 1. The maximum Gasteiger partial charge on any atom is 0.336 e. The Bertz CT molecular complexity index is 132. The Hall–Kier alpha value is -0.610. The van der Waals surface area contributed by atoms with Gasteiger partial charge in [-0.25, -0.2) is 4.79 Å². The van der Waals surface area contributed by atoms with Gasteiger partial charge in [-0.3, -0.25) is 0 Å². The molecule has 0 aliphatic carbocycles. The monoisotopic (exact) mass is 159 g/mol. The molecule has 1 atom stereocenters. The molecule has 1 aliphatic rings. The van der Waals surface area contributed by atoms with E-state index in [4.69, 9.17) is 9.47 Å². The van der Waals surface area contributed by atoms with Crippen molar-refractivity contribution in [2.24, 2.45) is 0 Å². The highest BCUT2D eigenvalue weighted by Crippen LogP contribution is 1.98. The van der Waals surface area contributed by atoms with Gasteiger partial charge in [0.25, 0.3) is 0 Å². The number of hydrogen-bond donors (Lipinski definition) is 1. The Kier molecular flexibility index (Phi) is 3.32. The van der Waals surface area contributed by atoms with Gasteiger partial charge in [-0.05, 0) is 6.92 Å². The fourth-order valence-corrected chi connectivity index (χ4v) is 0.952. The number of nitrogens with one attached hydrogen (secondary N) is 1. The molecule has 4 heteroatoms. The SMILES string of the molecule is CCOC(=O)[C@H]1CNCCO1. The van der Waals surface area contributed by atoms with Gasteiger partial charge in [0.05, 0.1) is 13.2 Å². The van der Waals surface area contributed by atoms with Crippen LogP contribution in [0.2, 0.25) is 0 Å². The molecular formula is C7H13NO3. The third kappa shape index (κ3) is 2.48. The Morgan fingerprint density at radius 3 is 3.18 bits per heavy atom. The first-order chi connectivity index (χ1) is 5.34. The summed E-state index contributed by atoms with van der Waals surface area (Å²) in [6.07, 6.45) is -0.399. The molecule has 0 unspecified atom stereocenters. The number of morpholine rings is 1. The van der Waals surface area contributed by atoms with E-state index in [-0.39, 0.29) is 5.97 Å². The van der Waals surface area contributed by atoms with Gasteiger partial charge in [0.2, 0.25) is 0 Å². The van der Waals surface area contributed by atoms with Gasteiger partial charge in [0.15, 0.2) is 6.10 Å². The highest BCUT2D eigenvalue weighted by atomic mass is 16.6. The molecule has 1 saturated heterocycles. The third-order valence-corrected chi connectivity index (χ3v) is 1.48. The molecule has 0 saturated carbocycles. The molecule has 1 heterocycles. The summed E-state index contributed by atoms with van der Waals surface area (Å²) in [5, 5.41) is 3.05. The number of rotatable bonds is 2. The third-order valence-electron chi connectivity index (χ3n) is 1.48. The predicted octanol–water partition coefficient (Wildman–Crippen LogP) is -0.462. The van der Waals surface area contributed by atoms with Crippen LogP contribution >= 0.6 is 0 Å². The van der Waals surface area contributed by atoms with Gasteiger partial charge in [0, 0.05) is 13.1 Å². The van der Waals surface area contributed by atoms with Crippen LogP contribution in [0, 0.1) is 0 Å². The van der Waals surface area contributed by atoms with E-state index in [1.54, 1.807) is 6.92 Å². The number of hydrogen-bond acceptors (Lipinski definition) is 4. The van der Waals surface area contributed by atoms with Gasteiger partial charge in [0.1, 0.15) is 0 Å². The van der Waals surface area contributed by atoms with Crippen molar-refractivity contribution in [2.45, 2.75) is 13.0 Å². The first-order valence-electron chi connectivity index (χ1n) is 3.83. The van der Waals surface area contributed by atoms with Gasteiger partial charge < -0.3 is 14.8 Å². The van der Waals surface area contributed by atoms with Crippen molar-refractivity contribution in [3.63, 3.8) is 0 Å². The molecule has 1 fully saturated rings. The molecule has 0 bridgehead atoms. The minimum atomic E-state index is -0.399. The molecule has 1 N–H and O–H groups in total. The summed E-state index contributed by atoms with van der Waals surface area (Å²) in [6, 6.07) is 0. The first kappa shape index (κ1) is 8.49. The van der Waals surface area contributed by atoms with Gasteiger partial charge in [-0.2, -0.15) is 0 Å². The predicted molar refractivity (Wildman–Crippen MR) is 39.2 cm³/mol. The summed E-state index contributed by atoms with van der Waals surface area (Å²) in [7, 11) is 0. The summed E-state index contributed by atoms with van der Waals surface area (Å²) in [6.45, 7) is 4.17. The van der Waals surface area contributed by atoms with E-state index < -0.39 is 6.10 Å². The van der Waals surface area contributed by atoms with Crippen LogP contribution < -0.4 is 5.32 Å².